The predicted molar refractivity (Wildman–Crippen MR) is 107 cm³/mol. The van der Waals surface area contributed by atoms with E-state index >= 15 is 0 Å². The number of anilines is 1. The number of likely N-dealkylation sites (tertiary alicyclic amines) is 1. The lowest BCUT2D eigenvalue weighted by Gasteiger charge is -2.44. The largest absolute Gasteiger partial charge is 0.367 e. The van der Waals surface area contributed by atoms with Crippen LogP contribution in [0.3, 0.4) is 0 Å². The lowest BCUT2D eigenvalue weighted by Crippen LogP contribution is -2.55. The van der Waals surface area contributed by atoms with Gasteiger partial charge in [0.15, 0.2) is 0 Å². The lowest BCUT2D eigenvalue weighted by molar-refractivity contribution is 0.0900. The highest BCUT2D eigenvalue weighted by Gasteiger charge is 2.28. The Kier molecular flexibility index (Phi) is 5.95. The first kappa shape index (κ1) is 18.7. The maximum atomic E-state index is 14.0. The summed E-state index contributed by atoms with van der Waals surface area (Å²) in [6, 6.07) is 7.70. The summed E-state index contributed by atoms with van der Waals surface area (Å²) in [6.07, 6.45) is 6.06. The second kappa shape index (κ2) is 8.59. The standard InChI is InChI=1S/C20H27ClFN5/c21-17-14-23-27(15-17)13-8-24-7-3-4-18(16-24)25-9-11-26(12-10-25)20-6-2-1-5-19(20)22/h1-2,5-6,14-15,18H,3-4,7-13,16H2/t18-/m0/s1. The van der Waals surface area contributed by atoms with Gasteiger partial charge in [0.1, 0.15) is 5.82 Å². The Bertz CT molecular complexity index is 743. The van der Waals surface area contributed by atoms with Gasteiger partial charge in [-0.25, -0.2) is 4.39 Å². The summed E-state index contributed by atoms with van der Waals surface area (Å²) in [7, 11) is 0. The van der Waals surface area contributed by atoms with Crippen LogP contribution >= 0.6 is 11.6 Å². The topological polar surface area (TPSA) is 27.5 Å². The van der Waals surface area contributed by atoms with Gasteiger partial charge in [-0.2, -0.15) is 5.10 Å². The van der Waals surface area contributed by atoms with Crippen LogP contribution in [0.2, 0.25) is 5.02 Å². The van der Waals surface area contributed by atoms with Crippen molar-refractivity contribution in [3.8, 4) is 0 Å². The number of hydrogen-bond acceptors (Lipinski definition) is 4. The Balaban J connectivity index is 1.27. The molecule has 1 aromatic heterocycles. The zero-order chi connectivity index (χ0) is 18.6. The van der Waals surface area contributed by atoms with Crippen LogP contribution < -0.4 is 4.90 Å². The van der Waals surface area contributed by atoms with Crippen LogP contribution in [0.5, 0.6) is 0 Å². The zero-order valence-electron chi connectivity index (χ0n) is 15.6. The zero-order valence-corrected chi connectivity index (χ0v) is 16.4. The second-order valence-corrected chi connectivity index (χ2v) is 7.93. The molecule has 0 radical (unpaired) electrons. The Morgan fingerprint density at radius 1 is 1.07 bits per heavy atom. The number of piperazine rings is 1. The van der Waals surface area contributed by atoms with Crippen molar-refractivity contribution < 1.29 is 4.39 Å². The summed E-state index contributed by atoms with van der Waals surface area (Å²) in [5, 5.41) is 4.96. The Hall–Kier alpha value is -1.63. The van der Waals surface area contributed by atoms with E-state index in [0.29, 0.717) is 11.1 Å². The number of hydrogen-bond donors (Lipinski definition) is 0. The van der Waals surface area contributed by atoms with Gasteiger partial charge in [-0.3, -0.25) is 14.5 Å². The van der Waals surface area contributed by atoms with Gasteiger partial charge in [0.25, 0.3) is 0 Å². The number of rotatable bonds is 5. The molecule has 2 aliphatic rings. The summed E-state index contributed by atoms with van der Waals surface area (Å²) in [6.45, 7) is 7.93. The molecule has 0 N–H and O–H groups in total. The van der Waals surface area contributed by atoms with Crippen molar-refractivity contribution in [2.45, 2.75) is 25.4 Å². The van der Waals surface area contributed by atoms with Crippen molar-refractivity contribution in [1.82, 2.24) is 19.6 Å². The number of piperidine rings is 1. The lowest BCUT2D eigenvalue weighted by atomic mass is 10.0. The average Bonchev–Trinajstić information content (AvgIpc) is 3.12. The SMILES string of the molecule is Fc1ccccc1N1CCN([C@H]2CCCN(CCn3cc(Cl)cn3)C2)CC1. The quantitative estimate of drug-likeness (QED) is 0.783. The third-order valence-electron chi connectivity index (χ3n) is 5.75. The normalized spacial score (nSPS) is 22.3. The van der Waals surface area contributed by atoms with Gasteiger partial charge in [0.2, 0.25) is 0 Å². The van der Waals surface area contributed by atoms with Gasteiger partial charge in [-0.1, -0.05) is 23.7 Å². The van der Waals surface area contributed by atoms with E-state index in [1.165, 1.54) is 12.8 Å². The molecule has 2 fully saturated rings. The molecule has 5 nitrogen and oxygen atoms in total. The van der Waals surface area contributed by atoms with Crippen LogP contribution in [0.1, 0.15) is 12.8 Å². The molecule has 0 saturated carbocycles. The molecule has 1 aromatic carbocycles. The molecule has 146 valence electrons. The molecule has 7 heteroatoms. The minimum Gasteiger partial charge on any atom is -0.367 e. The first-order valence-corrected chi connectivity index (χ1v) is 10.2. The molecule has 3 heterocycles. The molecule has 0 amide bonds. The van der Waals surface area contributed by atoms with Crippen molar-refractivity contribution >= 4 is 17.3 Å². The van der Waals surface area contributed by atoms with E-state index in [-0.39, 0.29) is 5.82 Å². The smallest absolute Gasteiger partial charge is 0.146 e. The van der Waals surface area contributed by atoms with E-state index in [4.69, 9.17) is 11.6 Å². The van der Waals surface area contributed by atoms with Crippen LogP contribution in [0.15, 0.2) is 36.7 Å². The van der Waals surface area contributed by atoms with Gasteiger partial charge < -0.3 is 4.90 Å². The monoisotopic (exact) mass is 391 g/mol. The Labute approximate surface area is 165 Å². The maximum Gasteiger partial charge on any atom is 0.146 e. The number of aromatic nitrogens is 2. The van der Waals surface area contributed by atoms with Crippen molar-refractivity contribution in [1.29, 1.82) is 0 Å². The van der Waals surface area contributed by atoms with E-state index in [1.807, 2.05) is 23.0 Å². The van der Waals surface area contributed by atoms with Crippen LogP contribution in [0.25, 0.3) is 0 Å². The molecule has 27 heavy (non-hydrogen) atoms. The first-order valence-electron chi connectivity index (χ1n) is 9.83. The summed E-state index contributed by atoms with van der Waals surface area (Å²) in [5.41, 5.74) is 0.736. The summed E-state index contributed by atoms with van der Waals surface area (Å²) < 4.78 is 15.9. The van der Waals surface area contributed by atoms with Gasteiger partial charge in [-0.05, 0) is 31.5 Å². The highest BCUT2D eigenvalue weighted by Crippen LogP contribution is 2.23. The molecule has 4 rings (SSSR count). The van der Waals surface area contributed by atoms with E-state index < -0.39 is 0 Å². The molecule has 0 bridgehead atoms. The van der Waals surface area contributed by atoms with Crippen LogP contribution in [-0.4, -0.2) is 71.4 Å². The third kappa shape index (κ3) is 4.62. The van der Waals surface area contributed by atoms with Crippen molar-refractivity contribution in [2.75, 3.05) is 50.7 Å². The molecule has 1 atom stereocenters. The summed E-state index contributed by atoms with van der Waals surface area (Å²) >= 11 is 5.94. The molecular formula is C20H27ClFN5. The Morgan fingerprint density at radius 2 is 1.89 bits per heavy atom. The summed E-state index contributed by atoms with van der Waals surface area (Å²) in [4.78, 5) is 7.30. The third-order valence-corrected chi connectivity index (χ3v) is 5.95. The van der Waals surface area contributed by atoms with Crippen LogP contribution in [0.4, 0.5) is 10.1 Å². The van der Waals surface area contributed by atoms with E-state index in [1.54, 1.807) is 18.3 Å². The predicted octanol–water partition coefficient (Wildman–Crippen LogP) is 2.96. The van der Waals surface area contributed by atoms with Crippen molar-refractivity contribution in [3.05, 3.63) is 47.5 Å². The molecular weight excluding hydrogens is 365 g/mol. The van der Waals surface area contributed by atoms with Crippen molar-refractivity contribution in [2.24, 2.45) is 0 Å². The molecule has 0 aliphatic carbocycles. The van der Waals surface area contributed by atoms with Crippen LogP contribution in [0, 0.1) is 5.82 Å². The fourth-order valence-corrected chi connectivity index (χ4v) is 4.43. The minimum absolute atomic E-state index is 0.117. The molecule has 2 aromatic rings. The number of halogens is 2. The highest BCUT2D eigenvalue weighted by atomic mass is 35.5. The van der Waals surface area contributed by atoms with E-state index in [2.05, 4.69) is 19.8 Å². The number of para-hydroxylation sites is 1. The summed E-state index contributed by atoms with van der Waals surface area (Å²) in [5.74, 6) is -0.117. The number of nitrogens with zero attached hydrogens (tertiary/aromatic N) is 5. The fraction of sp³-hybridized carbons (Fsp3) is 0.550. The van der Waals surface area contributed by atoms with Gasteiger partial charge in [0.05, 0.1) is 23.5 Å². The highest BCUT2D eigenvalue weighted by molar-refractivity contribution is 6.30. The second-order valence-electron chi connectivity index (χ2n) is 7.49. The molecule has 2 aliphatic heterocycles. The molecule has 0 spiro atoms. The van der Waals surface area contributed by atoms with E-state index in [0.717, 1.165) is 58.0 Å². The average molecular weight is 392 g/mol. The fourth-order valence-electron chi connectivity index (χ4n) is 4.27. The van der Waals surface area contributed by atoms with Crippen LogP contribution in [-0.2, 0) is 6.54 Å². The molecule has 2 saturated heterocycles. The number of benzene rings is 1. The Morgan fingerprint density at radius 3 is 2.63 bits per heavy atom. The van der Waals surface area contributed by atoms with Gasteiger partial charge in [0, 0.05) is 51.5 Å². The van der Waals surface area contributed by atoms with Gasteiger partial charge in [-0.15, -0.1) is 0 Å². The van der Waals surface area contributed by atoms with E-state index in [9.17, 15) is 4.39 Å². The maximum absolute atomic E-state index is 14.0. The van der Waals surface area contributed by atoms with Crippen molar-refractivity contribution in [3.63, 3.8) is 0 Å². The van der Waals surface area contributed by atoms with Gasteiger partial charge >= 0.3 is 0 Å². The first-order chi connectivity index (χ1) is 13.2. The minimum atomic E-state index is -0.117. The molecule has 0 unspecified atom stereocenters.